The number of aryl methyl sites for hydroxylation is 1. The van der Waals surface area contributed by atoms with Gasteiger partial charge in [0.25, 0.3) is 0 Å². The fourth-order valence-corrected chi connectivity index (χ4v) is 5.02. The molecule has 4 rings (SSSR count). The predicted octanol–water partition coefficient (Wildman–Crippen LogP) is 6.39. The van der Waals surface area contributed by atoms with E-state index >= 15 is 0 Å². The number of unbranched alkanes of at least 4 members (excludes halogenated alkanes) is 1. The molecule has 5 heteroatoms. The van der Waals surface area contributed by atoms with Crippen LogP contribution in [0.15, 0.2) is 72.9 Å². The number of aromatic nitrogens is 2. The molecule has 0 fully saturated rings. The van der Waals surface area contributed by atoms with Gasteiger partial charge in [-0.25, -0.2) is 4.98 Å². The van der Waals surface area contributed by atoms with Crippen molar-refractivity contribution < 1.29 is 4.55 Å². The van der Waals surface area contributed by atoms with Crippen molar-refractivity contribution in [1.29, 1.82) is 0 Å². The second-order valence-corrected chi connectivity index (χ2v) is 9.41. The fourth-order valence-electron chi connectivity index (χ4n) is 3.82. The van der Waals surface area contributed by atoms with Gasteiger partial charge in [0.05, 0.1) is 17.3 Å². The van der Waals surface area contributed by atoms with Crippen LogP contribution in [0.1, 0.15) is 44.0 Å². The number of hydrogen-bond donors (Lipinski definition) is 1. The largest absolute Gasteiger partial charge is 0.598 e. The van der Waals surface area contributed by atoms with Crippen LogP contribution >= 0.6 is 0 Å². The second-order valence-electron chi connectivity index (χ2n) is 8.08. The topological polar surface area (TPSA) is 60.9 Å². The van der Waals surface area contributed by atoms with E-state index in [0.29, 0.717) is 5.75 Å². The van der Waals surface area contributed by atoms with E-state index in [-0.39, 0.29) is 6.04 Å². The summed E-state index contributed by atoms with van der Waals surface area (Å²) in [5.41, 5.74) is 7.26. The van der Waals surface area contributed by atoms with Crippen molar-refractivity contribution in [2.24, 2.45) is 0 Å². The maximum absolute atomic E-state index is 12.2. The minimum atomic E-state index is -1.01. The lowest BCUT2D eigenvalue weighted by molar-refractivity contribution is 0.563. The molecule has 2 aromatic carbocycles. The van der Waals surface area contributed by atoms with E-state index in [1.165, 1.54) is 0 Å². The molecule has 4 nitrogen and oxygen atoms in total. The van der Waals surface area contributed by atoms with Gasteiger partial charge in [0, 0.05) is 39.8 Å². The van der Waals surface area contributed by atoms with Crippen molar-refractivity contribution in [3.8, 4) is 22.4 Å². The van der Waals surface area contributed by atoms with E-state index in [0.717, 1.165) is 57.4 Å². The molecule has 0 aliphatic rings. The van der Waals surface area contributed by atoms with Crippen LogP contribution in [0.25, 0.3) is 33.3 Å². The van der Waals surface area contributed by atoms with Gasteiger partial charge in [0.1, 0.15) is 5.75 Å². The molecule has 0 saturated heterocycles. The summed E-state index contributed by atoms with van der Waals surface area (Å²) in [5, 5.41) is 1.07. The smallest absolute Gasteiger partial charge is 0.125 e. The Hall–Kier alpha value is -2.73. The average Bonchev–Trinajstić information content (AvgIpc) is 2.83. The van der Waals surface area contributed by atoms with Crippen molar-refractivity contribution in [1.82, 2.24) is 14.7 Å². The molecule has 4 aromatic rings. The molecule has 0 radical (unpaired) electrons. The molecule has 2 atom stereocenters. The maximum Gasteiger partial charge on any atom is 0.125 e. The van der Waals surface area contributed by atoms with E-state index in [9.17, 15) is 4.55 Å². The Balaban J connectivity index is 1.70. The first-order chi connectivity index (χ1) is 15.6. The van der Waals surface area contributed by atoms with Gasteiger partial charge in [-0.05, 0) is 43.5 Å². The lowest BCUT2D eigenvalue weighted by Gasteiger charge is -2.18. The van der Waals surface area contributed by atoms with Crippen LogP contribution in [0.2, 0.25) is 0 Å². The SMILES string of the molecule is CCCC[S+]([O-])NC(C)c1ccc(-c2nc3ccnc(C)c3cc2-c2ccccc2)cc1. The molecular weight excluding hydrogens is 414 g/mol. The van der Waals surface area contributed by atoms with Crippen LogP contribution in [0, 0.1) is 6.92 Å². The summed E-state index contributed by atoms with van der Waals surface area (Å²) < 4.78 is 15.4. The summed E-state index contributed by atoms with van der Waals surface area (Å²) in [6.45, 7) is 6.19. The zero-order valence-corrected chi connectivity index (χ0v) is 19.7. The minimum Gasteiger partial charge on any atom is -0.598 e. The van der Waals surface area contributed by atoms with Crippen LogP contribution < -0.4 is 4.72 Å². The maximum atomic E-state index is 12.2. The second kappa shape index (κ2) is 10.3. The normalized spacial score (nSPS) is 13.2. The highest BCUT2D eigenvalue weighted by Gasteiger charge is 2.16. The van der Waals surface area contributed by atoms with Crippen molar-refractivity contribution in [3.05, 3.63) is 84.2 Å². The molecule has 2 heterocycles. The van der Waals surface area contributed by atoms with Crippen molar-refractivity contribution in [2.45, 2.75) is 39.7 Å². The molecule has 0 saturated carbocycles. The quantitative estimate of drug-likeness (QED) is 0.321. The molecule has 2 aromatic heterocycles. The summed E-state index contributed by atoms with van der Waals surface area (Å²) in [4.78, 5) is 9.48. The van der Waals surface area contributed by atoms with Gasteiger partial charge in [-0.15, -0.1) is 4.72 Å². The van der Waals surface area contributed by atoms with E-state index in [1.54, 1.807) is 0 Å². The zero-order chi connectivity index (χ0) is 22.5. The third-order valence-electron chi connectivity index (χ3n) is 5.70. The Morgan fingerprint density at radius 3 is 2.47 bits per heavy atom. The van der Waals surface area contributed by atoms with Crippen LogP contribution in [-0.2, 0) is 11.4 Å². The third kappa shape index (κ3) is 5.01. The summed E-state index contributed by atoms with van der Waals surface area (Å²) in [5.74, 6) is 0.689. The van der Waals surface area contributed by atoms with E-state index in [2.05, 4.69) is 78.2 Å². The van der Waals surface area contributed by atoms with Gasteiger partial charge in [0.2, 0.25) is 0 Å². The molecule has 164 valence electrons. The number of fused-ring (bicyclic) bond motifs is 1. The summed E-state index contributed by atoms with van der Waals surface area (Å²) in [6.07, 6.45) is 3.83. The van der Waals surface area contributed by atoms with Crippen LogP contribution in [0.4, 0.5) is 0 Å². The van der Waals surface area contributed by atoms with Crippen LogP contribution in [-0.4, -0.2) is 20.3 Å². The highest BCUT2D eigenvalue weighted by Crippen LogP contribution is 2.34. The minimum absolute atomic E-state index is 0.0219. The molecule has 0 bridgehead atoms. The van der Waals surface area contributed by atoms with Crippen molar-refractivity contribution >= 4 is 22.3 Å². The highest BCUT2D eigenvalue weighted by molar-refractivity contribution is 7.89. The van der Waals surface area contributed by atoms with Gasteiger partial charge >= 0.3 is 0 Å². The highest BCUT2D eigenvalue weighted by atomic mass is 32.2. The Morgan fingerprint density at radius 1 is 1.00 bits per heavy atom. The predicted molar refractivity (Wildman–Crippen MR) is 135 cm³/mol. The number of benzene rings is 2. The number of nitrogens with one attached hydrogen (secondary N) is 1. The lowest BCUT2D eigenvalue weighted by atomic mass is 9.96. The molecule has 1 N–H and O–H groups in total. The first-order valence-electron chi connectivity index (χ1n) is 11.1. The number of pyridine rings is 2. The van der Waals surface area contributed by atoms with E-state index < -0.39 is 11.4 Å². The van der Waals surface area contributed by atoms with Crippen LogP contribution in [0.3, 0.4) is 0 Å². The van der Waals surface area contributed by atoms with E-state index in [4.69, 9.17) is 4.98 Å². The Bertz CT molecular complexity index is 1180. The number of nitrogens with zero attached hydrogens (tertiary/aromatic N) is 2. The first kappa shape index (κ1) is 22.5. The standard InChI is InChI=1S/C27H29N3OS/c1-4-5-17-32(31)30-19(2)21-11-13-23(14-12-21)27-25(22-9-7-6-8-10-22)18-24-20(3)28-16-15-26(24)29-27/h6-16,18-19,30H,4-5,17H2,1-3H3. The Morgan fingerprint density at radius 2 is 1.75 bits per heavy atom. The summed E-state index contributed by atoms with van der Waals surface area (Å²) >= 11 is -1.01. The van der Waals surface area contributed by atoms with Crippen molar-refractivity contribution in [2.75, 3.05) is 5.75 Å². The molecular formula is C27H29N3OS. The Kier molecular flexibility index (Phi) is 7.20. The van der Waals surface area contributed by atoms with Crippen molar-refractivity contribution in [3.63, 3.8) is 0 Å². The van der Waals surface area contributed by atoms with Gasteiger partial charge in [-0.3, -0.25) is 4.98 Å². The zero-order valence-electron chi connectivity index (χ0n) is 18.8. The summed E-state index contributed by atoms with van der Waals surface area (Å²) in [7, 11) is 0. The van der Waals surface area contributed by atoms with Gasteiger partial charge in [-0.1, -0.05) is 67.9 Å². The monoisotopic (exact) mass is 443 g/mol. The molecule has 0 aliphatic heterocycles. The molecule has 2 unspecified atom stereocenters. The summed E-state index contributed by atoms with van der Waals surface area (Å²) in [6, 6.07) is 23.0. The molecule has 0 aliphatic carbocycles. The lowest BCUT2D eigenvalue weighted by Crippen LogP contribution is -2.29. The van der Waals surface area contributed by atoms with Gasteiger partial charge in [-0.2, -0.15) is 0 Å². The average molecular weight is 444 g/mol. The van der Waals surface area contributed by atoms with Gasteiger partial charge < -0.3 is 4.55 Å². The Labute approximate surface area is 193 Å². The van der Waals surface area contributed by atoms with Gasteiger partial charge in [0.15, 0.2) is 0 Å². The fraction of sp³-hybridized carbons (Fsp3) is 0.259. The first-order valence-corrected chi connectivity index (χ1v) is 12.5. The molecule has 32 heavy (non-hydrogen) atoms. The van der Waals surface area contributed by atoms with Crippen LogP contribution in [0.5, 0.6) is 0 Å². The third-order valence-corrected chi connectivity index (χ3v) is 6.98. The number of rotatable bonds is 8. The number of hydrogen-bond acceptors (Lipinski definition) is 4. The van der Waals surface area contributed by atoms with E-state index in [1.807, 2.05) is 25.3 Å². The molecule has 0 spiro atoms. The molecule has 0 amide bonds.